The maximum Gasteiger partial charge on any atom is 0.472 e. The molecular weight excluding hydrogens is 1350 g/mol. The molecule has 0 heterocycles. The number of hydrogen-bond donors (Lipinski definition) is 3. The average Bonchev–Trinajstić information content (AvgIpc) is 0.918. The number of esters is 4. The first-order chi connectivity index (χ1) is 50.7. The highest BCUT2D eigenvalue weighted by atomic mass is 31.2. The number of phosphoric ester groups is 2. The first-order valence-corrected chi connectivity index (χ1v) is 45.5. The van der Waals surface area contributed by atoms with E-state index in [4.69, 9.17) is 37.0 Å². The van der Waals surface area contributed by atoms with Crippen molar-refractivity contribution in [1.29, 1.82) is 0 Å². The number of aliphatic hydroxyl groups excluding tert-OH is 1. The maximum atomic E-state index is 13.1. The summed E-state index contributed by atoms with van der Waals surface area (Å²) in [6.07, 6.45) is 78.9. The van der Waals surface area contributed by atoms with Crippen LogP contribution < -0.4 is 0 Å². The number of aliphatic hydroxyl groups is 1. The average molecular weight is 1510 g/mol. The van der Waals surface area contributed by atoms with E-state index >= 15 is 0 Å². The molecule has 0 saturated heterocycles. The Morgan fingerprint density at radius 1 is 0.279 bits per heavy atom. The van der Waals surface area contributed by atoms with Crippen LogP contribution in [-0.4, -0.2) is 96.7 Å². The van der Waals surface area contributed by atoms with Gasteiger partial charge in [-0.15, -0.1) is 0 Å². The molecule has 0 bridgehead atoms. The van der Waals surface area contributed by atoms with Crippen molar-refractivity contribution in [3.05, 3.63) is 60.8 Å². The fraction of sp³-hybridized carbons (Fsp3) is 0.835. The molecule has 5 atom stereocenters. The molecule has 17 nitrogen and oxygen atoms in total. The number of carbonyl (C=O) groups excluding carboxylic acids is 4. The van der Waals surface area contributed by atoms with Gasteiger partial charge in [-0.3, -0.25) is 37.3 Å². The lowest BCUT2D eigenvalue weighted by Gasteiger charge is -2.21. The number of unbranched alkanes of at least 4 members (excludes halogenated alkanes) is 45. The topological polar surface area (TPSA) is 237 Å². The minimum atomic E-state index is -4.98. The quantitative estimate of drug-likeness (QED) is 0.0169. The monoisotopic (exact) mass is 1510 g/mol. The fourth-order valence-corrected chi connectivity index (χ4v) is 13.6. The summed E-state index contributed by atoms with van der Waals surface area (Å²) in [6, 6.07) is 0. The summed E-state index contributed by atoms with van der Waals surface area (Å²) in [4.78, 5) is 73.2. The molecule has 0 aromatic heterocycles. The molecule has 0 fully saturated rings. The summed E-state index contributed by atoms with van der Waals surface area (Å²) < 4.78 is 68.8. The van der Waals surface area contributed by atoms with E-state index in [0.29, 0.717) is 25.7 Å². The van der Waals surface area contributed by atoms with Crippen LogP contribution in [0.3, 0.4) is 0 Å². The summed E-state index contributed by atoms with van der Waals surface area (Å²) in [5.41, 5.74) is 0. The van der Waals surface area contributed by atoms with E-state index in [9.17, 15) is 43.2 Å². The Morgan fingerprint density at radius 3 is 0.779 bits per heavy atom. The lowest BCUT2D eigenvalue weighted by atomic mass is 10.0. The van der Waals surface area contributed by atoms with Gasteiger partial charge in [0.15, 0.2) is 12.2 Å². The number of carbonyl (C=O) groups is 4. The van der Waals surface area contributed by atoms with Gasteiger partial charge in [0, 0.05) is 25.7 Å². The van der Waals surface area contributed by atoms with E-state index in [1.807, 2.05) is 0 Å². The van der Waals surface area contributed by atoms with Crippen molar-refractivity contribution in [3.63, 3.8) is 0 Å². The van der Waals surface area contributed by atoms with E-state index in [0.717, 1.165) is 148 Å². The van der Waals surface area contributed by atoms with Crippen molar-refractivity contribution in [2.45, 2.75) is 418 Å². The smallest absolute Gasteiger partial charge is 0.462 e. The first kappa shape index (κ1) is 101. The SMILES string of the molecule is CC/C=C\C/C=C\C/C=C\C/C=C\CCCCCCCCC(=O)OCC(COP(=O)(O)OCC(O)COP(=O)(O)OCC(COC(=O)CCCCCCCCCCCCCCCCC)OC(=O)CCCCCCCCCCCCCCCCC)OC(=O)CCCCCCC/C=C\CCCCCCCC. The second kappa shape index (κ2) is 77.9. The third-order valence-electron chi connectivity index (χ3n) is 18.5. The molecule has 0 saturated carbocycles. The van der Waals surface area contributed by atoms with E-state index < -0.39 is 97.5 Å². The van der Waals surface area contributed by atoms with Gasteiger partial charge in [-0.05, 0) is 89.9 Å². The van der Waals surface area contributed by atoms with Crippen LogP contribution in [0.25, 0.3) is 0 Å². The third-order valence-corrected chi connectivity index (χ3v) is 20.4. The number of phosphoric acid groups is 2. The third kappa shape index (κ3) is 76.9. The Bertz CT molecular complexity index is 2200. The van der Waals surface area contributed by atoms with Gasteiger partial charge >= 0.3 is 39.5 Å². The van der Waals surface area contributed by atoms with Crippen LogP contribution in [0, 0.1) is 0 Å². The minimum Gasteiger partial charge on any atom is -0.462 e. The standard InChI is InChI=1S/C85H156O17P2/c1-5-9-13-17-21-25-29-33-37-38-39-40-44-46-50-54-58-62-66-70-83(88)96-76-81(102-85(90)72-68-64-60-56-52-48-43-36-32-28-24-20-16-12-8-4)78-100-104(93,94)98-74-79(86)73-97-103(91,92)99-77-80(101-84(89)71-67-63-59-55-51-47-42-35-31-27-23-19-15-11-7-3)75-95-82(87)69-65-61-57-53-49-45-41-34-30-26-22-18-14-10-6-2/h9,13,21,25,33,36-37,39-40,43,79-81,86H,5-8,10-12,14-20,22-24,26-32,34-35,38,41-42,44-78H2,1-4H3,(H,91,92)(H,93,94)/b13-9-,25-21-,37-33-,40-39-,43-36-. The molecule has 0 aromatic carbocycles. The van der Waals surface area contributed by atoms with Crippen LogP contribution >= 0.6 is 15.6 Å². The van der Waals surface area contributed by atoms with E-state index in [-0.39, 0.29) is 25.7 Å². The van der Waals surface area contributed by atoms with Gasteiger partial charge in [0.25, 0.3) is 0 Å². The van der Waals surface area contributed by atoms with Crippen LogP contribution in [-0.2, 0) is 65.4 Å². The van der Waals surface area contributed by atoms with Gasteiger partial charge in [0.1, 0.15) is 19.3 Å². The molecule has 0 aromatic rings. The molecule has 5 unspecified atom stereocenters. The van der Waals surface area contributed by atoms with Gasteiger partial charge < -0.3 is 33.8 Å². The zero-order chi connectivity index (χ0) is 76.0. The first-order valence-electron chi connectivity index (χ1n) is 42.5. The Labute approximate surface area is 635 Å². The molecular formula is C85H156O17P2. The van der Waals surface area contributed by atoms with Crippen molar-refractivity contribution in [3.8, 4) is 0 Å². The highest BCUT2D eigenvalue weighted by molar-refractivity contribution is 7.47. The van der Waals surface area contributed by atoms with Crippen molar-refractivity contribution in [2.75, 3.05) is 39.6 Å². The Morgan fingerprint density at radius 2 is 0.500 bits per heavy atom. The Balaban J connectivity index is 5.33. The Hall–Kier alpha value is -3.24. The normalized spacial score (nSPS) is 14.1. The van der Waals surface area contributed by atoms with Crippen molar-refractivity contribution in [1.82, 2.24) is 0 Å². The lowest BCUT2D eigenvalue weighted by Crippen LogP contribution is -2.30. The number of ether oxygens (including phenoxy) is 4. The summed E-state index contributed by atoms with van der Waals surface area (Å²) in [6.45, 7) is 4.84. The Kier molecular flexibility index (Phi) is 75.5. The minimum absolute atomic E-state index is 0.0857. The maximum absolute atomic E-state index is 13.1. The molecule has 104 heavy (non-hydrogen) atoms. The second-order valence-electron chi connectivity index (χ2n) is 28.8. The molecule has 3 N–H and O–H groups in total. The molecule has 0 aliphatic rings. The number of rotatable bonds is 81. The predicted octanol–water partition coefficient (Wildman–Crippen LogP) is 25.0. The van der Waals surface area contributed by atoms with Crippen LogP contribution in [0.4, 0.5) is 0 Å². The molecule has 0 amide bonds. The summed E-state index contributed by atoms with van der Waals surface area (Å²) >= 11 is 0. The molecule has 0 aliphatic carbocycles. The van der Waals surface area contributed by atoms with Crippen LogP contribution in [0.5, 0.6) is 0 Å². The second-order valence-corrected chi connectivity index (χ2v) is 31.7. The van der Waals surface area contributed by atoms with Crippen molar-refractivity contribution < 1.29 is 80.2 Å². The van der Waals surface area contributed by atoms with Gasteiger partial charge in [-0.2, -0.15) is 0 Å². The van der Waals surface area contributed by atoms with Crippen LogP contribution in [0.2, 0.25) is 0 Å². The highest BCUT2D eigenvalue weighted by Gasteiger charge is 2.30. The fourth-order valence-electron chi connectivity index (χ4n) is 12.0. The predicted molar refractivity (Wildman–Crippen MR) is 427 cm³/mol. The highest BCUT2D eigenvalue weighted by Crippen LogP contribution is 2.45. The van der Waals surface area contributed by atoms with E-state index in [1.54, 1.807) is 0 Å². The van der Waals surface area contributed by atoms with Gasteiger partial charge in [-0.25, -0.2) is 9.13 Å². The molecule has 0 aliphatic heterocycles. The molecule has 0 rings (SSSR count). The van der Waals surface area contributed by atoms with E-state index in [1.165, 1.54) is 173 Å². The molecule has 0 spiro atoms. The number of allylic oxidation sites excluding steroid dienone is 10. The summed E-state index contributed by atoms with van der Waals surface area (Å²) in [5.74, 6) is -2.15. The van der Waals surface area contributed by atoms with Gasteiger partial charge in [0.05, 0.1) is 26.4 Å². The number of hydrogen-bond acceptors (Lipinski definition) is 15. The van der Waals surface area contributed by atoms with Crippen LogP contribution in [0.1, 0.15) is 400 Å². The van der Waals surface area contributed by atoms with Crippen molar-refractivity contribution >= 4 is 39.5 Å². The van der Waals surface area contributed by atoms with Gasteiger partial charge in [-0.1, -0.05) is 345 Å². The van der Waals surface area contributed by atoms with E-state index in [2.05, 4.69) is 88.5 Å². The molecule has 0 radical (unpaired) electrons. The molecule has 608 valence electrons. The van der Waals surface area contributed by atoms with Crippen molar-refractivity contribution in [2.24, 2.45) is 0 Å². The largest absolute Gasteiger partial charge is 0.472 e. The zero-order valence-electron chi connectivity index (χ0n) is 66.7. The summed E-state index contributed by atoms with van der Waals surface area (Å²) in [5, 5.41) is 10.7. The molecule has 19 heteroatoms. The van der Waals surface area contributed by atoms with Gasteiger partial charge in [0.2, 0.25) is 0 Å². The van der Waals surface area contributed by atoms with Crippen LogP contribution in [0.15, 0.2) is 60.8 Å². The zero-order valence-corrected chi connectivity index (χ0v) is 68.5. The summed E-state index contributed by atoms with van der Waals surface area (Å²) in [7, 11) is -9.95. The lowest BCUT2D eigenvalue weighted by molar-refractivity contribution is -0.161.